The van der Waals surface area contributed by atoms with Gasteiger partial charge in [0.25, 0.3) is 0 Å². The van der Waals surface area contributed by atoms with E-state index in [0.29, 0.717) is 22.1 Å². The summed E-state index contributed by atoms with van der Waals surface area (Å²) in [5, 5.41) is 4.12. The first-order chi connectivity index (χ1) is 16.2. The maximum atomic E-state index is 12.3. The molecule has 4 rings (SSSR count). The van der Waals surface area contributed by atoms with Gasteiger partial charge in [0.15, 0.2) is 5.16 Å². The lowest BCUT2D eigenvalue weighted by Crippen LogP contribution is -2.46. The molecule has 1 amide bonds. The topological polar surface area (TPSA) is 61.4 Å². The average molecular weight is 486 g/mol. The van der Waals surface area contributed by atoms with E-state index in [1.165, 1.54) is 36.6 Å². The van der Waals surface area contributed by atoms with Crippen LogP contribution in [0.1, 0.15) is 37.7 Å². The van der Waals surface area contributed by atoms with Crippen molar-refractivity contribution in [3.8, 4) is 0 Å². The SMILES string of the molecule is O=C(CSc1nc(Cl)cc(N2CCN(C/C=C/c3ccccc3)CC2)n1)NC1CCCCC1. The van der Waals surface area contributed by atoms with Gasteiger partial charge in [-0.2, -0.15) is 0 Å². The molecule has 1 aliphatic carbocycles. The van der Waals surface area contributed by atoms with Crippen molar-refractivity contribution in [2.45, 2.75) is 43.3 Å². The van der Waals surface area contributed by atoms with Gasteiger partial charge in [-0.3, -0.25) is 9.69 Å². The maximum Gasteiger partial charge on any atom is 0.230 e. The Morgan fingerprint density at radius 3 is 2.61 bits per heavy atom. The lowest BCUT2D eigenvalue weighted by molar-refractivity contribution is -0.119. The van der Waals surface area contributed by atoms with Crippen LogP contribution in [0.2, 0.25) is 5.15 Å². The van der Waals surface area contributed by atoms with Gasteiger partial charge in [0.1, 0.15) is 11.0 Å². The van der Waals surface area contributed by atoms with E-state index in [0.717, 1.165) is 51.4 Å². The Bertz CT molecular complexity index is 928. The predicted molar refractivity (Wildman–Crippen MR) is 137 cm³/mol. The molecule has 0 bridgehead atoms. The van der Waals surface area contributed by atoms with E-state index in [4.69, 9.17) is 11.6 Å². The molecule has 0 unspecified atom stereocenters. The third-order valence-electron chi connectivity index (χ3n) is 6.13. The van der Waals surface area contributed by atoms with Gasteiger partial charge in [-0.1, -0.05) is 85.1 Å². The third kappa shape index (κ3) is 7.73. The number of amides is 1. The number of halogens is 1. The molecule has 2 aliphatic rings. The molecule has 2 fully saturated rings. The molecule has 0 spiro atoms. The number of anilines is 1. The smallest absolute Gasteiger partial charge is 0.230 e. The number of piperazine rings is 1. The van der Waals surface area contributed by atoms with Crippen LogP contribution in [0.15, 0.2) is 47.6 Å². The summed E-state index contributed by atoms with van der Waals surface area (Å²) in [6.45, 7) is 4.64. The van der Waals surface area contributed by atoms with Gasteiger partial charge in [0, 0.05) is 44.8 Å². The lowest BCUT2D eigenvalue weighted by Gasteiger charge is -2.35. The molecule has 2 aromatic rings. The molecule has 8 heteroatoms. The van der Waals surface area contributed by atoms with Crippen LogP contribution in [0, 0.1) is 0 Å². The molecule has 0 radical (unpaired) electrons. The van der Waals surface area contributed by atoms with Crippen LogP contribution in [0.25, 0.3) is 6.08 Å². The zero-order chi connectivity index (χ0) is 22.9. The van der Waals surface area contributed by atoms with Crippen LogP contribution in [-0.2, 0) is 4.79 Å². The fourth-order valence-electron chi connectivity index (χ4n) is 4.32. The molecule has 33 heavy (non-hydrogen) atoms. The number of carbonyl (C=O) groups is 1. The number of hydrogen-bond donors (Lipinski definition) is 1. The van der Waals surface area contributed by atoms with E-state index in [9.17, 15) is 4.79 Å². The molecular formula is C25H32ClN5OS. The van der Waals surface area contributed by atoms with E-state index in [1.807, 2.05) is 12.1 Å². The molecule has 6 nitrogen and oxygen atoms in total. The first kappa shape index (κ1) is 24.0. The number of aromatic nitrogens is 2. The van der Waals surface area contributed by atoms with Crippen molar-refractivity contribution in [2.75, 3.05) is 43.4 Å². The molecule has 1 saturated carbocycles. The van der Waals surface area contributed by atoms with Gasteiger partial charge in [0.05, 0.1) is 5.75 Å². The minimum Gasteiger partial charge on any atom is -0.354 e. The minimum atomic E-state index is 0.0502. The van der Waals surface area contributed by atoms with E-state index in [-0.39, 0.29) is 5.91 Å². The van der Waals surface area contributed by atoms with Crippen molar-refractivity contribution in [1.29, 1.82) is 0 Å². The summed E-state index contributed by atoms with van der Waals surface area (Å²) in [6, 6.07) is 12.5. The first-order valence-corrected chi connectivity index (χ1v) is 13.2. The van der Waals surface area contributed by atoms with Crippen molar-refractivity contribution < 1.29 is 4.79 Å². The molecule has 176 valence electrons. The summed E-state index contributed by atoms with van der Waals surface area (Å²) in [5.41, 5.74) is 1.23. The standard InChI is InChI=1S/C25H32ClN5OS/c26-22-18-23(29-25(28-22)33-19-24(32)27-21-11-5-2-6-12-21)31-16-14-30(15-17-31)13-7-10-20-8-3-1-4-9-20/h1,3-4,7-10,18,21H,2,5-6,11-17,19H2,(H,27,32)/b10-7+. The number of hydrogen-bond acceptors (Lipinski definition) is 6. The second-order valence-electron chi connectivity index (χ2n) is 8.62. The maximum absolute atomic E-state index is 12.3. The van der Waals surface area contributed by atoms with Crippen molar-refractivity contribution in [2.24, 2.45) is 0 Å². The summed E-state index contributed by atoms with van der Waals surface area (Å²) in [4.78, 5) is 26.0. The van der Waals surface area contributed by atoms with Crippen LogP contribution in [-0.4, -0.2) is 65.3 Å². The van der Waals surface area contributed by atoms with Crippen molar-refractivity contribution in [3.63, 3.8) is 0 Å². The van der Waals surface area contributed by atoms with Crippen molar-refractivity contribution >= 4 is 41.2 Å². The second kappa shape index (κ2) is 12.4. The van der Waals surface area contributed by atoms with E-state index < -0.39 is 0 Å². The van der Waals surface area contributed by atoms with Gasteiger partial charge < -0.3 is 10.2 Å². The van der Waals surface area contributed by atoms with Crippen LogP contribution in [0.5, 0.6) is 0 Å². The van der Waals surface area contributed by atoms with Crippen LogP contribution in [0.3, 0.4) is 0 Å². The molecule has 1 aliphatic heterocycles. The fraction of sp³-hybridized carbons (Fsp3) is 0.480. The Hall–Kier alpha value is -2.09. The highest BCUT2D eigenvalue weighted by atomic mass is 35.5. The highest BCUT2D eigenvalue weighted by molar-refractivity contribution is 7.99. The summed E-state index contributed by atoms with van der Waals surface area (Å²) >= 11 is 7.64. The Morgan fingerprint density at radius 2 is 1.85 bits per heavy atom. The zero-order valence-electron chi connectivity index (χ0n) is 19.0. The van der Waals surface area contributed by atoms with Gasteiger partial charge in [0.2, 0.25) is 5.91 Å². The number of carbonyl (C=O) groups excluding carboxylic acids is 1. The molecule has 1 saturated heterocycles. The fourth-order valence-corrected chi connectivity index (χ4v) is 5.21. The normalized spacial score (nSPS) is 18.0. The quantitative estimate of drug-likeness (QED) is 0.337. The van der Waals surface area contributed by atoms with Crippen LogP contribution in [0.4, 0.5) is 5.82 Å². The van der Waals surface area contributed by atoms with Gasteiger partial charge in [-0.05, 0) is 18.4 Å². The Balaban J connectivity index is 1.24. The Kier molecular flexibility index (Phi) is 9.03. The number of thioether (sulfide) groups is 1. The summed E-state index contributed by atoms with van der Waals surface area (Å²) < 4.78 is 0. The highest BCUT2D eigenvalue weighted by Crippen LogP contribution is 2.23. The largest absolute Gasteiger partial charge is 0.354 e. The monoisotopic (exact) mass is 485 g/mol. The van der Waals surface area contributed by atoms with Crippen molar-refractivity contribution in [3.05, 3.63) is 53.2 Å². The summed E-state index contributed by atoms with van der Waals surface area (Å²) in [6.07, 6.45) is 10.2. The molecule has 1 aromatic carbocycles. The van der Waals surface area contributed by atoms with Crippen LogP contribution < -0.4 is 10.2 Å². The lowest BCUT2D eigenvalue weighted by atomic mass is 9.95. The molecule has 2 heterocycles. The third-order valence-corrected chi connectivity index (χ3v) is 7.17. The minimum absolute atomic E-state index is 0.0502. The van der Waals surface area contributed by atoms with E-state index >= 15 is 0 Å². The number of nitrogens with one attached hydrogen (secondary N) is 1. The summed E-state index contributed by atoms with van der Waals surface area (Å²) in [7, 11) is 0. The molecular weight excluding hydrogens is 454 g/mol. The van der Waals surface area contributed by atoms with Crippen molar-refractivity contribution in [1.82, 2.24) is 20.2 Å². The average Bonchev–Trinajstić information content (AvgIpc) is 2.84. The number of nitrogens with zero attached hydrogens (tertiary/aromatic N) is 4. The number of rotatable bonds is 8. The van der Waals surface area contributed by atoms with E-state index in [1.54, 1.807) is 0 Å². The molecule has 0 atom stereocenters. The predicted octanol–water partition coefficient (Wildman–Crippen LogP) is 4.51. The van der Waals surface area contributed by atoms with Gasteiger partial charge in [-0.25, -0.2) is 9.97 Å². The molecule has 1 aromatic heterocycles. The van der Waals surface area contributed by atoms with Crippen LogP contribution >= 0.6 is 23.4 Å². The second-order valence-corrected chi connectivity index (χ2v) is 9.95. The number of benzene rings is 1. The summed E-state index contributed by atoms with van der Waals surface area (Å²) in [5.74, 6) is 1.21. The highest BCUT2D eigenvalue weighted by Gasteiger charge is 2.20. The zero-order valence-corrected chi connectivity index (χ0v) is 20.5. The van der Waals surface area contributed by atoms with Gasteiger partial charge in [-0.15, -0.1) is 0 Å². The van der Waals surface area contributed by atoms with Gasteiger partial charge >= 0.3 is 0 Å². The Morgan fingerprint density at radius 1 is 1.09 bits per heavy atom. The Labute approximate surface area is 205 Å². The van der Waals surface area contributed by atoms with E-state index in [2.05, 4.69) is 61.5 Å². The first-order valence-electron chi connectivity index (χ1n) is 11.8. The molecule has 1 N–H and O–H groups in total.